The summed E-state index contributed by atoms with van der Waals surface area (Å²) in [6, 6.07) is 0.583. The third-order valence-corrected chi connectivity index (χ3v) is 5.00. The summed E-state index contributed by atoms with van der Waals surface area (Å²) in [7, 11) is 1.85. The highest BCUT2D eigenvalue weighted by Gasteiger charge is 2.16. The van der Waals surface area contributed by atoms with Gasteiger partial charge in [-0.15, -0.1) is 10.2 Å². The molecule has 1 saturated carbocycles. The quantitative estimate of drug-likeness (QED) is 0.658. The van der Waals surface area contributed by atoms with Gasteiger partial charge >= 0.3 is 0 Å². The van der Waals surface area contributed by atoms with E-state index in [-0.39, 0.29) is 0 Å². The van der Waals surface area contributed by atoms with Crippen molar-refractivity contribution in [3.05, 3.63) is 11.6 Å². The number of hydrogen-bond acceptors (Lipinski definition) is 3. The third-order valence-electron chi connectivity index (χ3n) is 5.00. The summed E-state index contributed by atoms with van der Waals surface area (Å²) in [5, 5.41) is 15.7. The number of fused-ring (bicyclic) bond motifs is 1. The summed E-state index contributed by atoms with van der Waals surface area (Å²) >= 11 is 0. The molecule has 0 unspecified atom stereocenters. The number of hydrogen-bond donors (Lipinski definition) is 2. The molecule has 6 heteroatoms. The number of guanidine groups is 1. The van der Waals surface area contributed by atoms with Gasteiger partial charge in [0, 0.05) is 39.0 Å². The Labute approximate surface area is 139 Å². The number of aromatic nitrogens is 3. The van der Waals surface area contributed by atoms with Crippen molar-refractivity contribution >= 4 is 5.96 Å². The summed E-state index contributed by atoms with van der Waals surface area (Å²) in [5.74, 6) is 3.21. The Hall–Kier alpha value is -1.59. The van der Waals surface area contributed by atoms with E-state index in [4.69, 9.17) is 0 Å². The molecule has 0 bridgehead atoms. The van der Waals surface area contributed by atoms with Gasteiger partial charge in [0.25, 0.3) is 0 Å². The highest BCUT2D eigenvalue weighted by Crippen LogP contribution is 2.17. The maximum atomic E-state index is 4.39. The molecule has 1 aliphatic heterocycles. The smallest absolute Gasteiger partial charge is 0.191 e. The molecule has 1 aromatic heterocycles. The summed E-state index contributed by atoms with van der Waals surface area (Å²) in [6.45, 7) is 1.93. The van der Waals surface area contributed by atoms with E-state index in [9.17, 15) is 0 Å². The Bertz CT molecular complexity index is 515. The van der Waals surface area contributed by atoms with Crippen LogP contribution in [-0.4, -0.2) is 40.4 Å². The van der Waals surface area contributed by atoms with Crippen LogP contribution in [0.1, 0.15) is 63.0 Å². The van der Waals surface area contributed by atoms with Crippen molar-refractivity contribution in [2.75, 3.05) is 13.6 Å². The van der Waals surface area contributed by atoms with Crippen LogP contribution in [0.5, 0.6) is 0 Å². The zero-order valence-electron chi connectivity index (χ0n) is 14.4. The second kappa shape index (κ2) is 8.31. The molecule has 0 amide bonds. The fraction of sp³-hybridized carbons (Fsp3) is 0.824. The molecule has 2 N–H and O–H groups in total. The predicted molar refractivity (Wildman–Crippen MR) is 92.7 cm³/mol. The topological polar surface area (TPSA) is 67.1 Å². The lowest BCUT2D eigenvalue weighted by Crippen LogP contribution is -2.44. The van der Waals surface area contributed by atoms with E-state index >= 15 is 0 Å². The first-order valence-electron chi connectivity index (χ1n) is 9.25. The van der Waals surface area contributed by atoms with Gasteiger partial charge in [-0.05, 0) is 25.7 Å². The molecule has 2 aliphatic rings. The first-order valence-corrected chi connectivity index (χ1v) is 9.25. The molecule has 0 atom stereocenters. The van der Waals surface area contributed by atoms with Crippen LogP contribution in [0.3, 0.4) is 0 Å². The normalized spacial score (nSPS) is 20.0. The number of nitrogens with one attached hydrogen (secondary N) is 2. The fourth-order valence-electron chi connectivity index (χ4n) is 3.66. The fourth-order valence-corrected chi connectivity index (χ4v) is 3.66. The van der Waals surface area contributed by atoms with E-state index in [1.807, 2.05) is 7.05 Å². The van der Waals surface area contributed by atoms with Gasteiger partial charge < -0.3 is 15.2 Å². The zero-order chi connectivity index (χ0) is 15.9. The minimum absolute atomic E-state index is 0.583. The van der Waals surface area contributed by atoms with Crippen molar-refractivity contribution in [3.8, 4) is 0 Å². The summed E-state index contributed by atoms with van der Waals surface area (Å²) in [4.78, 5) is 4.36. The van der Waals surface area contributed by atoms with Gasteiger partial charge in [-0.3, -0.25) is 4.99 Å². The van der Waals surface area contributed by atoms with Crippen molar-refractivity contribution in [1.29, 1.82) is 0 Å². The first-order chi connectivity index (χ1) is 11.4. The van der Waals surface area contributed by atoms with Crippen molar-refractivity contribution in [1.82, 2.24) is 25.4 Å². The van der Waals surface area contributed by atoms with E-state index in [0.717, 1.165) is 37.7 Å². The molecule has 0 saturated heterocycles. The lowest BCUT2D eigenvalue weighted by molar-refractivity contribution is 0.410. The van der Waals surface area contributed by atoms with Crippen molar-refractivity contribution in [2.45, 2.75) is 76.8 Å². The minimum Gasteiger partial charge on any atom is -0.356 e. The minimum atomic E-state index is 0.583. The van der Waals surface area contributed by atoms with Crippen LogP contribution in [-0.2, 0) is 19.4 Å². The molecule has 0 radical (unpaired) electrons. The molecular formula is C17H30N6. The van der Waals surface area contributed by atoms with Gasteiger partial charge in [-0.1, -0.05) is 25.7 Å². The van der Waals surface area contributed by atoms with Gasteiger partial charge in [0.15, 0.2) is 5.96 Å². The Morgan fingerprint density at radius 1 is 1.13 bits per heavy atom. The van der Waals surface area contributed by atoms with Crippen molar-refractivity contribution < 1.29 is 0 Å². The van der Waals surface area contributed by atoms with Crippen LogP contribution < -0.4 is 10.6 Å². The molecule has 23 heavy (non-hydrogen) atoms. The number of nitrogens with zero attached hydrogens (tertiary/aromatic N) is 4. The van der Waals surface area contributed by atoms with Crippen LogP contribution in [0.15, 0.2) is 4.99 Å². The molecule has 0 aromatic carbocycles. The largest absolute Gasteiger partial charge is 0.356 e. The van der Waals surface area contributed by atoms with Crippen LogP contribution in [0.2, 0.25) is 0 Å². The SMILES string of the molecule is CN=C(NCCc1nnc2n1CCCCC2)NC1CCCCC1. The molecule has 1 aliphatic carbocycles. The van der Waals surface area contributed by atoms with Gasteiger partial charge in [0.05, 0.1) is 0 Å². The highest BCUT2D eigenvalue weighted by molar-refractivity contribution is 5.79. The van der Waals surface area contributed by atoms with Crippen LogP contribution in [0.4, 0.5) is 0 Å². The average molecular weight is 318 g/mol. The maximum absolute atomic E-state index is 4.39. The van der Waals surface area contributed by atoms with Crippen LogP contribution >= 0.6 is 0 Å². The van der Waals surface area contributed by atoms with E-state index in [2.05, 4.69) is 30.4 Å². The lowest BCUT2D eigenvalue weighted by atomic mass is 9.96. The number of aliphatic imine (C=N–C) groups is 1. The number of rotatable bonds is 4. The van der Waals surface area contributed by atoms with Crippen LogP contribution in [0.25, 0.3) is 0 Å². The zero-order valence-corrected chi connectivity index (χ0v) is 14.4. The Kier molecular flexibility index (Phi) is 5.88. The lowest BCUT2D eigenvalue weighted by Gasteiger charge is -2.24. The highest BCUT2D eigenvalue weighted by atomic mass is 15.3. The summed E-state index contributed by atoms with van der Waals surface area (Å²) < 4.78 is 2.33. The van der Waals surface area contributed by atoms with Crippen molar-refractivity contribution in [2.24, 2.45) is 4.99 Å². The molecule has 128 valence electrons. The first kappa shape index (κ1) is 16.3. The predicted octanol–water partition coefficient (Wildman–Crippen LogP) is 2.04. The molecule has 1 aromatic rings. The van der Waals surface area contributed by atoms with Crippen molar-refractivity contribution in [3.63, 3.8) is 0 Å². The van der Waals surface area contributed by atoms with E-state index in [0.29, 0.717) is 6.04 Å². The standard InChI is InChI=1S/C17H30N6/c1-18-17(20-14-8-4-2-5-9-14)19-12-11-16-22-21-15-10-6-3-7-13-23(15)16/h14H,2-13H2,1H3,(H2,18,19,20). The third kappa shape index (κ3) is 4.45. The van der Waals surface area contributed by atoms with Gasteiger partial charge in [0.2, 0.25) is 0 Å². The van der Waals surface area contributed by atoms with E-state index in [1.165, 1.54) is 57.2 Å². The molecule has 1 fully saturated rings. The van der Waals surface area contributed by atoms with Crippen LogP contribution in [0, 0.1) is 0 Å². The molecule has 2 heterocycles. The van der Waals surface area contributed by atoms with Gasteiger partial charge in [0.1, 0.15) is 11.6 Å². The molecular weight excluding hydrogens is 288 g/mol. The summed E-state index contributed by atoms with van der Waals surface area (Å²) in [6.07, 6.45) is 12.3. The average Bonchev–Trinajstić information content (AvgIpc) is 2.81. The molecule has 3 rings (SSSR count). The Morgan fingerprint density at radius 3 is 2.78 bits per heavy atom. The second-order valence-corrected chi connectivity index (χ2v) is 6.72. The Morgan fingerprint density at radius 2 is 1.96 bits per heavy atom. The second-order valence-electron chi connectivity index (χ2n) is 6.72. The Balaban J connectivity index is 1.47. The summed E-state index contributed by atoms with van der Waals surface area (Å²) in [5.41, 5.74) is 0. The van der Waals surface area contributed by atoms with E-state index < -0.39 is 0 Å². The monoisotopic (exact) mass is 318 g/mol. The molecule has 0 spiro atoms. The van der Waals surface area contributed by atoms with Gasteiger partial charge in [-0.2, -0.15) is 0 Å². The van der Waals surface area contributed by atoms with E-state index in [1.54, 1.807) is 0 Å². The maximum Gasteiger partial charge on any atom is 0.191 e. The number of aryl methyl sites for hydroxylation is 1. The van der Waals surface area contributed by atoms with Gasteiger partial charge in [-0.25, -0.2) is 0 Å². The molecule has 6 nitrogen and oxygen atoms in total.